The lowest BCUT2D eigenvalue weighted by molar-refractivity contribution is -0.142. The van der Waals surface area contributed by atoms with Crippen LogP contribution in [0.4, 0.5) is 0 Å². The van der Waals surface area contributed by atoms with E-state index in [2.05, 4.69) is 15.9 Å². The van der Waals surface area contributed by atoms with Gasteiger partial charge in [0.05, 0.1) is 24.7 Å². The number of sulfone groups is 1. The van der Waals surface area contributed by atoms with Gasteiger partial charge >= 0.3 is 0 Å². The summed E-state index contributed by atoms with van der Waals surface area (Å²) < 4.78 is 29.8. The summed E-state index contributed by atoms with van der Waals surface area (Å²) >= 11 is 3.37. The van der Waals surface area contributed by atoms with Crippen LogP contribution in [-0.4, -0.2) is 49.8 Å². The van der Waals surface area contributed by atoms with Crippen molar-refractivity contribution in [1.29, 1.82) is 5.26 Å². The van der Waals surface area contributed by atoms with Crippen molar-refractivity contribution in [2.24, 2.45) is 0 Å². The predicted octanol–water partition coefficient (Wildman–Crippen LogP) is 2.24. The molecule has 2 aliphatic heterocycles. The van der Waals surface area contributed by atoms with Crippen molar-refractivity contribution in [2.75, 3.05) is 18.6 Å². The molecule has 0 bridgehead atoms. The van der Waals surface area contributed by atoms with Gasteiger partial charge in [-0.25, -0.2) is 8.42 Å². The van der Waals surface area contributed by atoms with Crippen LogP contribution >= 0.6 is 15.9 Å². The van der Waals surface area contributed by atoms with Crippen molar-refractivity contribution in [1.82, 2.24) is 4.90 Å². The van der Waals surface area contributed by atoms with Gasteiger partial charge in [-0.3, -0.25) is 14.5 Å². The Morgan fingerprint density at radius 3 is 2.61 bits per heavy atom. The summed E-state index contributed by atoms with van der Waals surface area (Å²) in [7, 11) is -1.82. The molecule has 7 nitrogen and oxygen atoms in total. The van der Waals surface area contributed by atoms with E-state index in [4.69, 9.17) is 4.74 Å². The van der Waals surface area contributed by atoms with E-state index in [-0.39, 0.29) is 34.6 Å². The molecule has 1 fully saturated rings. The second kappa shape index (κ2) is 7.53. The van der Waals surface area contributed by atoms with E-state index in [0.29, 0.717) is 11.3 Å². The second-order valence-electron chi connectivity index (χ2n) is 6.59. The Bertz CT molecular complexity index is 1080. The number of hydrogen-bond acceptors (Lipinski definition) is 6. The van der Waals surface area contributed by atoms with Gasteiger partial charge in [-0.2, -0.15) is 5.26 Å². The first-order valence-corrected chi connectivity index (χ1v) is 11.0. The smallest absolute Gasteiger partial charge is 0.271 e. The Kier molecular flexibility index (Phi) is 5.46. The highest BCUT2D eigenvalue weighted by Crippen LogP contribution is 2.33. The van der Waals surface area contributed by atoms with Crippen molar-refractivity contribution < 1.29 is 22.7 Å². The third-order valence-corrected chi connectivity index (χ3v) is 7.08. The molecule has 1 saturated heterocycles. The molecule has 1 aromatic carbocycles. The fourth-order valence-corrected chi connectivity index (χ4v) is 5.46. The summed E-state index contributed by atoms with van der Waals surface area (Å²) in [5.74, 6) is -1.20. The number of amides is 2. The normalized spacial score (nSPS) is 23.3. The predicted molar refractivity (Wildman–Crippen MR) is 106 cm³/mol. The molecule has 28 heavy (non-hydrogen) atoms. The lowest BCUT2D eigenvalue weighted by atomic mass is 9.92. The summed E-state index contributed by atoms with van der Waals surface area (Å²) in [6.07, 6.45) is 1.73. The molecule has 0 aliphatic carbocycles. The zero-order valence-electron chi connectivity index (χ0n) is 15.2. The highest BCUT2D eigenvalue weighted by molar-refractivity contribution is 9.10. The van der Waals surface area contributed by atoms with E-state index in [1.54, 1.807) is 24.3 Å². The molecule has 2 aliphatic rings. The number of carbonyl (C=O) groups excluding carboxylic acids is 2. The van der Waals surface area contributed by atoms with Gasteiger partial charge in [0.2, 0.25) is 0 Å². The number of benzene rings is 1. The molecular formula is C19H17BrN2O5S. The number of rotatable bonds is 3. The standard InChI is InChI=1S/C19H17BrN2O5S/c1-11-15(8-12-7-13(20)3-4-17(12)27-2)18(23)22(19(24)16(11)9-21)14-5-6-28(25,26)10-14/h3-4,7-8,14H,5-6,10H2,1-2H3. The number of hydrogen-bond donors (Lipinski definition) is 0. The lowest BCUT2D eigenvalue weighted by Crippen LogP contribution is -2.49. The first-order chi connectivity index (χ1) is 13.2. The van der Waals surface area contributed by atoms with Gasteiger partial charge in [0, 0.05) is 15.6 Å². The van der Waals surface area contributed by atoms with Gasteiger partial charge in [0.25, 0.3) is 11.8 Å². The van der Waals surface area contributed by atoms with Gasteiger partial charge in [0.15, 0.2) is 9.84 Å². The third-order valence-electron chi connectivity index (χ3n) is 4.84. The van der Waals surface area contributed by atoms with Crippen LogP contribution in [0.5, 0.6) is 5.75 Å². The monoisotopic (exact) mass is 464 g/mol. The number of nitrogens with zero attached hydrogens (tertiary/aromatic N) is 2. The van der Waals surface area contributed by atoms with Crippen molar-refractivity contribution in [3.05, 3.63) is 45.0 Å². The average Bonchev–Trinajstić information content (AvgIpc) is 2.98. The Labute approximate surface area is 171 Å². The van der Waals surface area contributed by atoms with Crippen molar-refractivity contribution in [2.45, 2.75) is 19.4 Å². The third kappa shape index (κ3) is 3.62. The molecule has 1 aromatic rings. The van der Waals surface area contributed by atoms with Crippen molar-refractivity contribution in [3.63, 3.8) is 0 Å². The van der Waals surface area contributed by atoms with E-state index >= 15 is 0 Å². The molecular weight excluding hydrogens is 448 g/mol. The minimum atomic E-state index is -3.31. The van der Waals surface area contributed by atoms with Crippen LogP contribution in [0, 0.1) is 11.3 Å². The summed E-state index contributed by atoms with van der Waals surface area (Å²) in [6, 6.07) is 6.35. The molecule has 3 rings (SSSR count). The fraction of sp³-hybridized carbons (Fsp3) is 0.316. The molecule has 0 N–H and O–H groups in total. The number of nitriles is 1. The quantitative estimate of drug-likeness (QED) is 0.501. The topological polar surface area (TPSA) is 105 Å². The number of carbonyl (C=O) groups is 2. The molecule has 146 valence electrons. The maximum atomic E-state index is 13.1. The fourth-order valence-electron chi connectivity index (χ4n) is 3.38. The van der Waals surface area contributed by atoms with Crippen LogP contribution in [-0.2, 0) is 19.4 Å². The Balaban J connectivity index is 2.14. The van der Waals surface area contributed by atoms with E-state index in [9.17, 15) is 23.3 Å². The van der Waals surface area contributed by atoms with Crippen molar-refractivity contribution in [3.8, 4) is 11.8 Å². The van der Waals surface area contributed by atoms with Gasteiger partial charge in [-0.15, -0.1) is 0 Å². The zero-order valence-corrected chi connectivity index (χ0v) is 17.6. The zero-order chi connectivity index (χ0) is 20.6. The van der Waals surface area contributed by atoms with Gasteiger partial charge in [0.1, 0.15) is 17.4 Å². The summed E-state index contributed by atoms with van der Waals surface area (Å²) in [5, 5.41) is 9.47. The van der Waals surface area contributed by atoms with Gasteiger partial charge < -0.3 is 4.74 Å². The molecule has 2 heterocycles. The van der Waals surface area contributed by atoms with Crippen LogP contribution in [0.1, 0.15) is 18.9 Å². The molecule has 0 spiro atoms. The molecule has 0 saturated carbocycles. The lowest BCUT2D eigenvalue weighted by Gasteiger charge is -2.31. The van der Waals surface area contributed by atoms with E-state index in [1.165, 1.54) is 14.0 Å². The number of ether oxygens (including phenoxy) is 1. The second-order valence-corrected chi connectivity index (χ2v) is 9.74. The summed E-state index contributed by atoms with van der Waals surface area (Å²) in [6.45, 7) is 1.54. The van der Waals surface area contributed by atoms with Crippen LogP contribution in [0.3, 0.4) is 0 Å². The van der Waals surface area contributed by atoms with E-state index < -0.39 is 27.7 Å². The highest BCUT2D eigenvalue weighted by Gasteiger charge is 2.43. The molecule has 1 unspecified atom stereocenters. The average molecular weight is 465 g/mol. The SMILES string of the molecule is COc1ccc(Br)cc1C=C1C(=O)N(C2CCS(=O)(=O)C2)C(=O)C(C#N)=C1C. The minimum Gasteiger partial charge on any atom is -0.496 e. The molecule has 9 heteroatoms. The maximum absolute atomic E-state index is 13.1. The largest absolute Gasteiger partial charge is 0.496 e. The molecule has 0 radical (unpaired) electrons. The first kappa shape index (κ1) is 20.3. The van der Waals surface area contributed by atoms with Crippen LogP contribution < -0.4 is 4.74 Å². The maximum Gasteiger partial charge on any atom is 0.271 e. The van der Waals surface area contributed by atoms with Crippen molar-refractivity contribution >= 4 is 43.7 Å². The Morgan fingerprint density at radius 2 is 2.04 bits per heavy atom. The summed E-state index contributed by atoms with van der Waals surface area (Å²) in [4.78, 5) is 26.8. The number of imide groups is 1. The van der Waals surface area contributed by atoms with Gasteiger partial charge in [-0.05, 0) is 43.2 Å². The number of methoxy groups -OCH3 is 1. The number of halogens is 1. The summed E-state index contributed by atoms with van der Waals surface area (Å²) in [5.41, 5.74) is 0.850. The molecule has 0 aromatic heterocycles. The highest BCUT2D eigenvalue weighted by atomic mass is 79.9. The van der Waals surface area contributed by atoms with Crippen LogP contribution in [0.25, 0.3) is 6.08 Å². The Morgan fingerprint density at radius 1 is 1.32 bits per heavy atom. The van der Waals surface area contributed by atoms with Crippen LogP contribution in [0.2, 0.25) is 0 Å². The molecule has 2 amide bonds. The minimum absolute atomic E-state index is 0.0855. The van der Waals surface area contributed by atoms with Crippen LogP contribution in [0.15, 0.2) is 39.4 Å². The first-order valence-electron chi connectivity index (χ1n) is 8.43. The van der Waals surface area contributed by atoms with Gasteiger partial charge in [-0.1, -0.05) is 15.9 Å². The molecule has 1 atom stereocenters. The Hall–Kier alpha value is -2.44. The van der Waals surface area contributed by atoms with E-state index in [0.717, 1.165) is 9.37 Å². The van der Waals surface area contributed by atoms with E-state index in [1.807, 2.05) is 6.07 Å².